The second-order valence-corrected chi connectivity index (χ2v) is 6.55. The van der Waals surface area contributed by atoms with Gasteiger partial charge < -0.3 is 14.8 Å². The van der Waals surface area contributed by atoms with Crippen LogP contribution in [-0.2, 0) is 4.79 Å². The Morgan fingerprint density at radius 1 is 1.23 bits per heavy atom. The third-order valence-corrected chi connectivity index (χ3v) is 4.13. The smallest absolute Gasteiger partial charge is 0.302 e. The highest BCUT2D eigenvalue weighted by molar-refractivity contribution is 6.30. The highest BCUT2D eigenvalue weighted by Gasteiger charge is 2.13. The molecule has 0 saturated carbocycles. The van der Waals surface area contributed by atoms with Gasteiger partial charge in [-0.3, -0.25) is 4.79 Å². The van der Waals surface area contributed by atoms with E-state index >= 15 is 0 Å². The van der Waals surface area contributed by atoms with E-state index in [0.29, 0.717) is 22.1 Å². The van der Waals surface area contributed by atoms with Crippen LogP contribution in [0.2, 0.25) is 5.02 Å². The molecule has 1 amide bonds. The number of nitrogens with zero attached hydrogens (tertiary/aromatic N) is 2. The van der Waals surface area contributed by atoms with Gasteiger partial charge >= 0.3 is 5.91 Å². The number of aromatic amines is 1. The Kier molecular flexibility index (Phi) is 5.23. The van der Waals surface area contributed by atoms with Gasteiger partial charge in [-0.2, -0.15) is 0 Å². The lowest BCUT2D eigenvalue weighted by Crippen LogP contribution is -2.07. The van der Waals surface area contributed by atoms with Crippen molar-refractivity contribution in [1.82, 2.24) is 4.98 Å². The predicted octanol–water partition coefficient (Wildman–Crippen LogP) is 5.34. The number of rotatable bonds is 5. The van der Waals surface area contributed by atoms with E-state index in [1.165, 1.54) is 0 Å². The van der Waals surface area contributed by atoms with Crippen LogP contribution in [-0.4, -0.2) is 22.6 Å². The lowest BCUT2D eigenvalue weighted by atomic mass is 10.0. The van der Waals surface area contributed by atoms with Crippen LogP contribution in [0.1, 0.15) is 25.3 Å². The van der Waals surface area contributed by atoms with Crippen LogP contribution < -0.4 is 4.74 Å². The molecule has 6 nitrogen and oxygen atoms in total. The molecule has 2 N–H and O–H groups in total. The normalized spacial score (nSPS) is 11.5. The first kappa shape index (κ1) is 17.9. The average molecular weight is 372 g/mol. The van der Waals surface area contributed by atoms with E-state index in [0.717, 1.165) is 11.1 Å². The minimum Gasteiger partial charge on any atom is -0.493 e. The Bertz CT molecular complexity index is 962. The molecule has 7 heteroatoms. The molecular formula is C19H18ClN3O3. The summed E-state index contributed by atoms with van der Waals surface area (Å²) in [5.74, 6) is 0.148. The zero-order chi connectivity index (χ0) is 18.7. The number of benzene rings is 2. The Morgan fingerprint density at radius 3 is 2.65 bits per heavy atom. The van der Waals surface area contributed by atoms with E-state index in [-0.39, 0.29) is 18.2 Å². The van der Waals surface area contributed by atoms with E-state index in [1.54, 1.807) is 24.3 Å². The molecule has 0 spiro atoms. The van der Waals surface area contributed by atoms with E-state index in [2.05, 4.69) is 29.1 Å². The summed E-state index contributed by atoms with van der Waals surface area (Å²) < 4.78 is 5.33. The fourth-order valence-electron chi connectivity index (χ4n) is 2.45. The maximum atomic E-state index is 11.9. The first-order chi connectivity index (χ1) is 12.4. The summed E-state index contributed by atoms with van der Waals surface area (Å²) in [6.45, 7) is 3.89. The number of ether oxygens (including phenoxy) is 1. The number of halogens is 1. The Balaban J connectivity index is 1.74. The molecule has 0 unspecified atom stereocenters. The number of azo groups is 1. The van der Waals surface area contributed by atoms with Gasteiger partial charge in [-0.25, -0.2) is 0 Å². The van der Waals surface area contributed by atoms with Crippen molar-refractivity contribution >= 4 is 34.1 Å². The molecule has 0 fully saturated rings. The van der Waals surface area contributed by atoms with Crippen molar-refractivity contribution in [2.24, 2.45) is 10.2 Å². The van der Waals surface area contributed by atoms with E-state index < -0.39 is 5.91 Å². The summed E-state index contributed by atoms with van der Waals surface area (Å²) in [6.07, 6.45) is 0. The van der Waals surface area contributed by atoms with Crippen molar-refractivity contribution < 1.29 is 14.6 Å². The molecule has 134 valence electrons. The maximum absolute atomic E-state index is 11.9. The highest BCUT2D eigenvalue weighted by Crippen LogP contribution is 2.36. The quantitative estimate of drug-likeness (QED) is 0.593. The number of fused-ring (bicyclic) bond motifs is 1. The van der Waals surface area contributed by atoms with Gasteiger partial charge in [-0.1, -0.05) is 31.5 Å². The number of amides is 1. The lowest BCUT2D eigenvalue weighted by molar-refractivity contribution is -0.120. The van der Waals surface area contributed by atoms with Crippen LogP contribution in [0.25, 0.3) is 10.9 Å². The number of aromatic hydroxyl groups is 1. The van der Waals surface area contributed by atoms with E-state index in [4.69, 9.17) is 16.3 Å². The largest absolute Gasteiger partial charge is 0.493 e. The second-order valence-electron chi connectivity index (χ2n) is 6.12. The Morgan fingerprint density at radius 2 is 1.96 bits per heavy atom. The fourth-order valence-corrected chi connectivity index (χ4v) is 2.58. The first-order valence-electron chi connectivity index (χ1n) is 8.11. The van der Waals surface area contributed by atoms with Crippen molar-refractivity contribution in [3.05, 3.63) is 53.1 Å². The molecular weight excluding hydrogens is 354 g/mol. The summed E-state index contributed by atoms with van der Waals surface area (Å²) in [4.78, 5) is 14.7. The van der Waals surface area contributed by atoms with Gasteiger partial charge in [0.05, 0.1) is 5.52 Å². The first-order valence-corrected chi connectivity index (χ1v) is 8.49. The number of nitrogens with one attached hydrogen (secondary N) is 1. The van der Waals surface area contributed by atoms with Crippen LogP contribution in [0.5, 0.6) is 11.6 Å². The highest BCUT2D eigenvalue weighted by atomic mass is 35.5. The van der Waals surface area contributed by atoms with Gasteiger partial charge in [0.25, 0.3) is 0 Å². The standard InChI is InChI=1S/C19H18ClN3O3/c1-11(2)12-3-8-16-15(9-12)18(19(25)21-16)23-22-17(24)10-26-14-6-4-13(20)5-7-14/h3-9,11,21,25H,10H2,1-2H3. The summed E-state index contributed by atoms with van der Waals surface area (Å²) in [7, 11) is 0. The molecule has 0 radical (unpaired) electrons. The van der Waals surface area contributed by atoms with Gasteiger partial charge in [-0.15, -0.1) is 10.2 Å². The van der Waals surface area contributed by atoms with E-state index in [1.807, 2.05) is 18.2 Å². The molecule has 2 aromatic carbocycles. The lowest BCUT2D eigenvalue weighted by Gasteiger charge is -2.04. The molecule has 0 bridgehead atoms. The van der Waals surface area contributed by atoms with Gasteiger partial charge in [-0.05, 0) is 47.9 Å². The van der Waals surface area contributed by atoms with Crippen LogP contribution in [0.3, 0.4) is 0 Å². The molecule has 26 heavy (non-hydrogen) atoms. The molecule has 3 aromatic rings. The fraction of sp³-hybridized carbons (Fsp3) is 0.211. The molecule has 0 atom stereocenters. The Hall–Kier alpha value is -2.86. The summed E-state index contributed by atoms with van der Waals surface area (Å²) >= 11 is 5.79. The number of hydrogen-bond donors (Lipinski definition) is 2. The molecule has 0 aliphatic carbocycles. The third kappa shape index (κ3) is 4.03. The number of hydrogen-bond acceptors (Lipinski definition) is 4. The molecule has 1 aromatic heterocycles. The monoisotopic (exact) mass is 371 g/mol. The molecule has 0 saturated heterocycles. The van der Waals surface area contributed by atoms with Crippen molar-refractivity contribution in [3.8, 4) is 11.6 Å². The van der Waals surface area contributed by atoms with Crippen molar-refractivity contribution in [3.63, 3.8) is 0 Å². The minimum atomic E-state index is -0.561. The van der Waals surface area contributed by atoms with Crippen LogP contribution in [0, 0.1) is 0 Å². The number of aromatic nitrogens is 1. The minimum absolute atomic E-state index is 0.129. The van der Waals surface area contributed by atoms with Gasteiger partial charge in [0.2, 0.25) is 5.88 Å². The van der Waals surface area contributed by atoms with Crippen molar-refractivity contribution in [2.75, 3.05) is 6.61 Å². The molecule has 3 rings (SSSR count). The van der Waals surface area contributed by atoms with Crippen LogP contribution in [0.15, 0.2) is 52.7 Å². The SMILES string of the molecule is CC(C)c1ccc2[nH]c(O)c(N=NC(=O)COc3ccc(Cl)cc3)c2c1. The average Bonchev–Trinajstić information content (AvgIpc) is 2.93. The molecule has 0 aliphatic heterocycles. The number of carbonyl (C=O) groups excluding carboxylic acids is 1. The maximum Gasteiger partial charge on any atom is 0.302 e. The van der Waals surface area contributed by atoms with Gasteiger partial charge in [0, 0.05) is 10.4 Å². The zero-order valence-corrected chi connectivity index (χ0v) is 15.1. The van der Waals surface area contributed by atoms with Crippen LogP contribution >= 0.6 is 11.6 Å². The van der Waals surface area contributed by atoms with Gasteiger partial charge in [0.15, 0.2) is 12.3 Å². The van der Waals surface area contributed by atoms with E-state index in [9.17, 15) is 9.90 Å². The van der Waals surface area contributed by atoms with Crippen LogP contribution in [0.4, 0.5) is 5.69 Å². The van der Waals surface area contributed by atoms with Gasteiger partial charge in [0.1, 0.15) is 5.75 Å². The summed E-state index contributed by atoms with van der Waals surface area (Å²) in [6, 6.07) is 12.4. The van der Waals surface area contributed by atoms with Crippen molar-refractivity contribution in [2.45, 2.75) is 19.8 Å². The Labute approximate surface area is 155 Å². The summed E-state index contributed by atoms with van der Waals surface area (Å²) in [5, 5.41) is 18.9. The third-order valence-electron chi connectivity index (χ3n) is 3.88. The zero-order valence-electron chi connectivity index (χ0n) is 14.4. The number of H-pyrrole nitrogens is 1. The predicted molar refractivity (Wildman–Crippen MR) is 101 cm³/mol. The molecule has 1 heterocycles. The topological polar surface area (TPSA) is 87.0 Å². The number of carbonyl (C=O) groups is 1. The summed E-state index contributed by atoms with van der Waals surface area (Å²) in [5.41, 5.74) is 2.07. The second kappa shape index (κ2) is 7.58. The molecule has 0 aliphatic rings. The van der Waals surface area contributed by atoms with Crippen molar-refractivity contribution in [1.29, 1.82) is 0 Å².